The van der Waals surface area contributed by atoms with Crippen LogP contribution < -0.4 is 0 Å². The Morgan fingerprint density at radius 3 is 0.829 bits per heavy atom. The Hall–Kier alpha value is -4.88. The fourth-order valence-electron chi connectivity index (χ4n) is 3.92. The molecule has 0 radical (unpaired) electrons. The molecule has 5 rings (SSSR count). The molecular weight excluding hydrogens is 559 g/mol. The van der Waals surface area contributed by atoms with Crippen LogP contribution in [0.3, 0.4) is 0 Å². The summed E-state index contributed by atoms with van der Waals surface area (Å²) in [5.41, 5.74) is 10.5. The fourth-order valence-corrected chi connectivity index (χ4v) is 5.85. The van der Waals surface area contributed by atoms with Gasteiger partial charge in [-0.05, 0) is 0 Å². The predicted octanol–water partition coefficient (Wildman–Crippen LogP) is 7.58. The number of rotatable bonds is 0. The zero-order valence-electron chi connectivity index (χ0n) is 23.6. The topological polar surface area (TPSA) is 0 Å². The van der Waals surface area contributed by atoms with Crippen molar-refractivity contribution >= 4 is 14.5 Å². The monoisotopic (exact) mass is 588 g/mol. The van der Waals surface area contributed by atoms with E-state index in [1.165, 1.54) is 22.3 Å². The van der Waals surface area contributed by atoms with Crippen molar-refractivity contribution in [1.29, 1.82) is 0 Å². The Balaban J connectivity index is 1.68. The van der Waals surface area contributed by atoms with Crippen LogP contribution >= 0.6 is 0 Å². The molecule has 0 nitrogen and oxygen atoms in total. The first-order valence-corrected chi connectivity index (χ1v) is 15.2. The average molecular weight is 588 g/mol. The molecule has 5 aromatic rings. The molecule has 0 N–H and O–H groups in total. The van der Waals surface area contributed by atoms with Crippen LogP contribution in [0.25, 0.3) is 0 Å². The molecule has 0 saturated carbocycles. The second kappa shape index (κ2) is 13.0. The maximum atomic E-state index is 3.46. The summed E-state index contributed by atoms with van der Waals surface area (Å²) in [6, 6.07) is 33.2. The number of aryl methyl sites for hydroxylation is 4. The van der Waals surface area contributed by atoms with Gasteiger partial charge in [0, 0.05) is 0 Å². The summed E-state index contributed by atoms with van der Waals surface area (Å²) in [5, 5.41) is 0. The molecule has 0 bridgehead atoms. The molecule has 194 valence electrons. The van der Waals surface area contributed by atoms with Crippen molar-refractivity contribution in [2.75, 3.05) is 0 Å². The third-order valence-corrected chi connectivity index (χ3v) is 8.56. The molecule has 0 aliphatic rings. The molecule has 0 aliphatic heterocycles. The summed E-state index contributed by atoms with van der Waals surface area (Å²) >= 11 is -0.107. The maximum absolute atomic E-state index is 3.46. The molecule has 0 fully saturated rings. The van der Waals surface area contributed by atoms with E-state index in [-0.39, 0.29) is 14.5 Å². The molecule has 0 saturated heterocycles. The minimum atomic E-state index is -0.107. The van der Waals surface area contributed by atoms with Crippen molar-refractivity contribution in [2.24, 2.45) is 0 Å². The quantitative estimate of drug-likeness (QED) is 0.130. The molecule has 1 heterocycles. The van der Waals surface area contributed by atoms with Crippen LogP contribution in [0.2, 0.25) is 0 Å². The van der Waals surface area contributed by atoms with Crippen molar-refractivity contribution < 1.29 is 0 Å². The molecule has 0 spiro atoms. The van der Waals surface area contributed by atoms with E-state index in [0.717, 1.165) is 42.3 Å². The van der Waals surface area contributed by atoms with Gasteiger partial charge in [0.25, 0.3) is 0 Å². The first kappa shape index (κ1) is 27.7. The van der Waals surface area contributed by atoms with Crippen molar-refractivity contribution in [3.63, 3.8) is 0 Å². The third-order valence-electron chi connectivity index (χ3n) is 6.42. The summed E-state index contributed by atoms with van der Waals surface area (Å²) in [6.45, 7) is 8.33. The Kier molecular flexibility index (Phi) is 8.76. The average Bonchev–Trinajstić information content (AvgIpc) is 3.32. The Morgan fingerprint density at radius 2 is 0.561 bits per heavy atom. The summed E-state index contributed by atoms with van der Waals surface area (Å²) in [6.07, 6.45) is 0. The van der Waals surface area contributed by atoms with Gasteiger partial charge in [-0.1, -0.05) is 0 Å². The predicted molar refractivity (Wildman–Crippen MR) is 172 cm³/mol. The van der Waals surface area contributed by atoms with Crippen molar-refractivity contribution in [3.05, 3.63) is 162 Å². The number of benzene rings is 4. The first-order valence-electron chi connectivity index (χ1n) is 13.4. The van der Waals surface area contributed by atoms with E-state index in [9.17, 15) is 0 Å². The van der Waals surface area contributed by atoms with Gasteiger partial charge >= 0.3 is 251 Å². The van der Waals surface area contributed by atoms with Gasteiger partial charge in [-0.2, -0.15) is 0 Å². The van der Waals surface area contributed by atoms with Crippen LogP contribution in [0.1, 0.15) is 64.5 Å². The van der Waals surface area contributed by atoms with Crippen LogP contribution in [-0.2, 0) is 0 Å². The van der Waals surface area contributed by atoms with Crippen molar-refractivity contribution in [2.45, 2.75) is 27.7 Å². The summed E-state index contributed by atoms with van der Waals surface area (Å²) in [4.78, 5) is 0. The summed E-state index contributed by atoms with van der Waals surface area (Å²) < 4.78 is 2.03. The van der Waals surface area contributed by atoms with Crippen LogP contribution in [-0.4, -0.2) is 14.5 Å². The standard InChI is InChI=1S/C40H28Se/c1-29-5-13-33(14-6-29)21-25-37-38(26-22-34-15-7-30(2)8-16-34)40(28-24-36-19-11-32(4)12-20-36)41-39(37)27-23-35-17-9-31(3)10-18-35/h5-20H,1-4H3. The van der Waals surface area contributed by atoms with Crippen LogP contribution in [0, 0.1) is 75.1 Å². The Labute approximate surface area is 250 Å². The fraction of sp³-hybridized carbons (Fsp3) is 0.100. The van der Waals surface area contributed by atoms with Gasteiger partial charge in [-0.3, -0.25) is 0 Å². The Bertz CT molecular complexity index is 1790. The van der Waals surface area contributed by atoms with Gasteiger partial charge in [-0.25, -0.2) is 0 Å². The zero-order chi connectivity index (χ0) is 28.6. The van der Waals surface area contributed by atoms with Gasteiger partial charge in [0.1, 0.15) is 0 Å². The van der Waals surface area contributed by atoms with Crippen LogP contribution in [0.5, 0.6) is 0 Å². The molecule has 1 heteroatoms. The molecule has 0 aliphatic carbocycles. The zero-order valence-corrected chi connectivity index (χ0v) is 25.4. The molecule has 41 heavy (non-hydrogen) atoms. The molecule has 0 atom stereocenters. The van der Waals surface area contributed by atoms with E-state index in [0.29, 0.717) is 0 Å². The van der Waals surface area contributed by atoms with Gasteiger partial charge in [0.15, 0.2) is 0 Å². The van der Waals surface area contributed by atoms with Gasteiger partial charge in [0.2, 0.25) is 0 Å². The van der Waals surface area contributed by atoms with Crippen LogP contribution in [0.15, 0.2) is 97.1 Å². The van der Waals surface area contributed by atoms with E-state index >= 15 is 0 Å². The molecule has 4 aromatic carbocycles. The van der Waals surface area contributed by atoms with E-state index in [2.05, 4.69) is 172 Å². The van der Waals surface area contributed by atoms with Gasteiger partial charge in [0.05, 0.1) is 0 Å². The number of hydrogen-bond acceptors (Lipinski definition) is 0. The van der Waals surface area contributed by atoms with E-state index in [1.807, 2.05) is 0 Å². The van der Waals surface area contributed by atoms with Crippen molar-refractivity contribution in [3.8, 4) is 47.4 Å². The second-order valence-electron chi connectivity index (χ2n) is 9.97. The molecular formula is C40H28Se. The van der Waals surface area contributed by atoms with E-state index in [4.69, 9.17) is 0 Å². The Morgan fingerprint density at radius 1 is 0.317 bits per heavy atom. The molecule has 0 unspecified atom stereocenters. The van der Waals surface area contributed by atoms with Gasteiger partial charge < -0.3 is 0 Å². The van der Waals surface area contributed by atoms with Crippen molar-refractivity contribution in [1.82, 2.24) is 0 Å². The summed E-state index contributed by atoms with van der Waals surface area (Å²) in [7, 11) is 0. The third kappa shape index (κ3) is 7.62. The second-order valence-corrected chi connectivity index (χ2v) is 12.1. The SMILES string of the molecule is Cc1ccc(C#Cc2[se]c(C#Cc3ccc(C)cc3)c(C#Cc3ccc(C)cc3)c2C#Cc2ccc(C)cc2)cc1. The minimum absolute atomic E-state index is 0.107. The van der Waals surface area contributed by atoms with Gasteiger partial charge in [-0.15, -0.1) is 0 Å². The normalized spacial score (nSPS) is 9.66. The first-order chi connectivity index (χ1) is 19.9. The molecule has 1 aromatic heterocycles. The van der Waals surface area contributed by atoms with E-state index < -0.39 is 0 Å². The van der Waals surface area contributed by atoms with E-state index in [1.54, 1.807) is 0 Å². The molecule has 0 amide bonds. The van der Waals surface area contributed by atoms with Crippen LogP contribution in [0.4, 0.5) is 0 Å². The number of hydrogen-bond donors (Lipinski definition) is 0. The summed E-state index contributed by atoms with van der Waals surface area (Å²) in [5.74, 6) is 27.3.